The summed E-state index contributed by atoms with van der Waals surface area (Å²) in [7, 11) is 0. The molecule has 278 valence electrons. The van der Waals surface area contributed by atoms with Crippen LogP contribution in [0.25, 0.3) is 106 Å². The lowest BCUT2D eigenvalue weighted by atomic mass is 9.82. The molecule has 11 aromatic rings. The molecule has 0 bridgehead atoms. The van der Waals surface area contributed by atoms with Crippen molar-refractivity contribution in [3.63, 3.8) is 0 Å². The Labute approximate surface area is 340 Å². The van der Waals surface area contributed by atoms with Crippen LogP contribution in [-0.2, 0) is 5.41 Å². The van der Waals surface area contributed by atoms with Gasteiger partial charge in [-0.3, -0.25) is 0 Å². The van der Waals surface area contributed by atoms with E-state index in [-0.39, 0.29) is 5.41 Å². The van der Waals surface area contributed by atoms with Gasteiger partial charge in [-0.1, -0.05) is 141 Å². The molecule has 5 nitrogen and oxygen atoms in total. The van der Waals surface area contributed by atoms with Crippen molar-refractivity contribution in [1.82, 2.24) is 19.5 Å². The summed E-state index contributed by atoms with van der Waals surface area (Å²) in [5, 5.41) is 4.67. The van der Waals surface area contributed by atoms with Crippen molar-refractivity contribution in [3.8, 4) is 62.1 Å². The van der Waals surface area contributed by atoms with Crippen LogP contribution in [0, 0.1) is 0 Å². The van der Waals surface area contributed by atoms with Crippen molar-refractivity contribution < 1.29 is 4.42 Å². The SMILES string of the molecule is CC1(C)c2ccccc2-c2ccc(-c3nc(-c4ccccc4)nc(-c4ccc(-n5c6ccccc6c6ccc(-c7cccc8oc9ccccc9c78)cc65)cc4)n3)cc21. The molecule has 0 atom stereocenters. The number of hydrogen-bond donors (Lipinski definition) is 0. The number of furan rings is 1. The van der Waals surface area contributed by atoms with Gasteiger partial charge in [0, 0.05) is 49.3 Å². The third kappa shape index (κ3) is 5.14. The molecule has 8 aromatic carbocycles. The first kappa shape index (κ1) is 33.5. The van der Waals surface area contributed by atoms with Gasteiger partial charge in [0.05, 0.1) is 11.0 Å². The average molecular weight is 757 g/mol. The fourth-order valence-corrected chi connectivity index (χ4v) is 9.38. The van der Waals surface area contributed by atoms with Gasteiger partial charge in [-0.15, -0.1) is 0 Å². The monoisotopic (exact) mass is 756 g/mol. The summed E-state index contributed by atoms with van der Waals surface area (Å²) in [5.41, 5.74) is 15.3. The Morgan fingerprint density at radius 2 is 1.00 bits per heavy atom. The van der Waals surface area contributed by atoms with Gasteiger partial charge < -0.3 is 8.98 Å². The Bertz CT molecular complexity index is 3470. The number of aromatic nitrogens is 4. The topological polar surface area (TPSA) is 56.7 Å². The average Bonchev–Trinajstić information content (AvgIpc) is 3.92. The third-order valence-electron chi connectivity index (χ3n) is 12.3. The molecule has 0 amide bonds. The smallest absolute Gasteiger partial charge is 0.164 e. The van der Waals surface area contributed by atoms with Gasteiger partial charge in [-0.05, 0) is 88.0 Å². The summed E-state index contributed by atoms with van der Waals surface area (Å²) in [5.74, 6) is 1.93. The maximum absolute atomic E-state index is 6.27. The first-order chi connectivity index (χ1) is 29.0. The summed E-state index contributed by atoms with van der Waals surface area (Å²) in [6.45, 7) is 4.60. The highest BCUT2D eigenvalue weighted by Crippen LogP contribution is 2.49. The van der Waals surface area contributed by atoms with Crippen LogP contribution in [0.4, 0.5) is 0 Å². The molecule has 0 saturated heterocycles. The van der Waals surface area contributed by atoms with Crippen LogP contribution < -0.4 is 0 Å². The largest absolute Gasteiger partial charge is 0.456 e. The first-order valence-electron chi connectivity index (χ1n) is 20.1. The minimum absolute atomic E-state index is 0.134. The van der Waals surface area contributed by atoms with Crippen molar-refractivity contribution in [3.05, 3.63) is 193 Å². The molecule has 3 aromatic heterocycles. The first-order valence-corrected chi connectivity index (χ1v) is 20.1. The maximum atomic E-state index is 6.27. The van der Waals surface area contributed by atoms with E-state index in [0.717, 1.165) is 66.5 Å². The van der Waals surface area contributed by atoms with E-state index in [1.165, 1.54) is 33.0 Å². The fourth-order valence-electron chi connectivity index (χ4n) is 9.38. The van der Waals surface area contributed by atoms with Crippen molar-refractivity contribution in [2.45, 2.75) is 19.3 Å². The molecule has 0 aliphatic heterocycles. The Kier molecular flexibility index (Phi) is 7.20. The van der Waals surface area contributed by atoms with E-state index >= 15 is 0 Å². The van der Waals surface area contributed by atoms with Crippen LogP contribution in [-0.4, -0.2) is 19.5 Å². The fraction of sp³-hybridized carbons (Fsp3) is 0.0556. The predicted octanol–water partition coefficient (Wildman–Crippen LogP) is 13.8. The molecule has 0 fully saturated rings. The molecule has 0 N–H and O–H groups in total. The summed E-state index contributed by atoms with van der Waals surface area (Å²) in [6, 6.07) is 64.3. The van der Waals surface area contributed by atoms with Gasteiger partial charge in [0.25, 0.3) is 0 Å². The normalized spacial score (nSPS) is 13.1. The summed E-state index contributed by atoms with van der Waals surface area (Å²) in [4.78, 5) is 15.3. The van der Waals surface area contributed by atoms with Crippen LogP contribution >= 0.6 is 0 Å². The highest BCUT2D eigenvalue weighted by molar-refractivity contribution is 6.14. The molecule has 59 heavy (non-hydrogen) atoms. The number of nitrogens with zero attached hydrogens (tertiary/aromatic N) is 4. The second-order valence-electron chi connectivity index (χ2n) is 16.0. The molecule has 12 rings (SSSR count). The van der Waals surface area contributed by atoms with E-state index in [4.69, 9.17) is 19.4 Å². The zero-order valence-corrected chi connectivity index (χ0v) is 32.5. The van der Waals surface area contributed by atoms with Crippen molar-refractivity contribution >= 4 is 43.7 Å². The van der Waals surface area contributed by atoms with Crippen LogP contribution in [0.3, 0.4) is 0 Å². The molecule has 0 saturated carbocycles. The Morgan fingerprint density at radius 1 is 0.407 bits per heavy atom. The second kappa shape index (κ2) is 12.7. The van der Waals surface area contributed by atoms with Crippen LogP contribution in [0.15, 0.2) is 186 Å². The standard InChI is InChI=1S/C54H36N4O/c1-54(2)44-19-9-6-15-39(44)40-29-26-36(31-45(40)54)53-56-51(33-13-4-3-5-14-33)55-52(57-53)34-23-27-37(28-24-34)58-46-20-10-7-16-41(46)42-30-25-35(32-47(42)58)38-18-12-22-49-50(38)43-17-8-11-21-48(43)59-49/h3-32H,1-2H3. The van der Waals surface area contributed by atoms with Gasteiger partial charge in [0.15, 0.2) is 17.5 Å². The van der Waals surface area contributed by atoms with Crippen LogP contribution in [0.2, 0.25) is 0 Å². The minimum Gasteiger partial charge on any atom is -0.456 e. The highest BCUT2D eigenvalue weighted by Gasteiger charge is 2.35. The zero-order chi connectivity index (χ0) is 39.2. The minimum atomic E-state index is -0.134. The van der Waals surface area contributed by atoms with Gasteiger partial charge in [-0.25, -0.2) is 15.0 Å². The summed E-state index contributed by atoms with van der Waals surface area (Å²) >= 11 is 0. The van der Waals surface area contributed by atoms with E-state index in [2.05, 4.69) is 170 Å². The second-order valence-corrected chi connectivity index (χ2v) is 16.0. The molecule has 1 aliphatic rings. The molecule has 3 heterocycles. The van der Waals surface area contributed by atoms with Gasteiger partial charge in [0.2, 0.25) is 0 Å². The molecule has 0 unspecified atom stereocenters. The highest BCUT2D eigenvalue weighted by atomic mass is 16.3. The van der Waals surface area contributed by atoms with E-state index in [1.807, 2.05) is 30.3 Å². The quantitative estimate of drug-likeness (QED) is 0.175. The Morgan fingerprint density at radius 3 is 1.83 bits per heavy atom. The molecule has 5 heteroatoms. The molecular formula is C54H36N4O. The Balaban J connectivity index is 0.986. The lowest BCUT2D eigenvalue weighted by molar-refractivity contribution is 0.660. The number of rotatable bonds is 5. The summed E-state index contributed by atoms with van der Waals surface area (Å²) < 4.78 is 8.64. The molecule has 0 spiro atoms. The van der Waals surface area contributed by atoms with E-state index in [9.17, 15) is 0 Å². The number of para-hydroxylation sites is 2. The van der Waals surface area contributed by atoms with Crippen LogP contribution in [0.1, 0.15) is 25.0 Å². The lowest BCUT2D eigenvalue weighted by Gasteiger charge is -2.21. The van der Waals surface area contributed by atoms with Gasteiger partial charge in [-0.2, -0.15) is 0 Å². The van der Waals surface area contributed by atoms with Crippen molar-refractivity contribution in [1.29, 1.82) is 0 Å². The van der Waals surface area contributed by atoms with Gasteiger partial charge in [0.1, 0.15) is 11.2 Å². The number of hydrogen-bond acceptors (Lipinski definition) is 4. The van der Waals surface area contributed by atoms with Crippen molar-refractivity contribution in [2.24, 2.45) is 0 Å². The zero-order valence-electron chi connectivity index (χ0n) is 32.5. The van der Waals surface area contributed by atoms with Crippen molar-refractivity contribution in [2.75, 3.05) is 0 Å². The maximum Gasteiger partial charge on any atom is 0.164 e. The number of benzene rings is 8. The lowest BCUT2D eigenvalue weighted by Crippen LogP contribution is -2.15. The summed E-state index contributed by atoms with van der Waals surface area (Å²) in [6.07, 6.45) is 0. The molecule has 1 aliphatic carbocycles. The van der Waals surface area contributed by atoms with E-state index in [1.54, 1.807) is 0 Å². The van der Waals surface area contributed by atoms with Gasteiger partial charge >= 0.3 is 0 Å². The molecule has 0 radical (unpaired) electrons. The third-order valence-corrected chi connectivity index (χ3v) is 12.3. The Hall–Kier alpha value is -7.63. The molecular weight excluding hydrogens is 721 g/mol. The van der Waals surface area contributed by atoms with Crippen LogP contribution in [0.5, 0.6) is 0 Å². The van der Waals surface area contributed by atoms with E-state index < -0.39 is 0 Å². The van der Waals surface area contributed by atoms with E-state index in [0.29, 0.717) is 17.5 Å². The number of fused-ring (bicyclic) bond motifs is 9. The predicted molar refractivity (Wildman–Crippen MR) is 241 cm³/mol.